The van der Waals surface area contributed by atoms with E-state index in [4.69, 9.17) is 5.73 Å². The number of nitrogens with two attached hydrogens (primary N) is 1. The van der Waals surface area contributed by atoms with Gasteiger partial charge in [0.15, 0.2) is 0 Å². The summed E-state index contributed by atoms with van der Waals surface area (Å²) in [6, 6.07) is 0. The number of carbonyl (C=O) groups excluding carboxylic acids is 3. The summed E-state index contributed by atoms with van der Waals surface area (Å²) in [5.74, 6) is -0.612. The third kappa shape index (κ3) is 4.55. The second-order valence-electron chi connectivity index (χ2n) is 7.77. The molecule has 0 aromatic heterocycles. The van der Waals surface area contributed by atoms with Crippen molar-refractivity contribution < 1.29 is 19.5 Å². The highest BCUT2D eigenvalue weighted by molar-refractivity contribution is 5.99. The highest BCUT2D eigenvalue weighted by Gasteiger charge is 2.39. The molecular formula is C19H30N2O4. The summed E-state index contributed by atoms with van der Waals surface area (Å²) in [6.45, 7) is 5.98. The van der Waals surface area contributed by atoms with Crippen molar-refractivity contribution in [2.24, 2.45) is 29.4 Å². The number of aliphatic hydroxyl groups is 1. The fourth-order valence-electron chi connectivity index (χ4n) is 4.29. The van der Waals surface area contributed by atoms with Crippen LogP contribution in [0.25, 0.3) is 0 Å². The Hall–Kier alpha value is -1.53. The Balaban J connectivity index is 2.00. The molecule has 2 rings (SSSR count). The number of carbonyl (C=O) groups is 3. The molecule has 0 radical (unpaired) electrons. The van der Waals surface area contributed by atoms with Crippen LogP contribution in [0.4, 0.5) is 0 Å². The van der Waals surface area contributed by atoms with Gasteiger partial charge in [-0.05, 0) is 38.0 Å². The maximum Gasteiger partial charge on any atom is 0.233 e. The van der Waals surface area contributed by atoms with Gasteiger partial charge >= 0.3 is 0 Å². The summed E-state index contributed by atoms with van der Waals surface area (Å²) in [6.07, 6.45) is 3.16. The van der Waals surface area contributed by atoms with Crippen LogP contribution < -0.4 is 5.73 Å². The van der Waals surface area contributed by atoms with E-state index < -0.39 is 6.10 Å². The molecule has 4 atom stereocenters. The molecule has 0 aromatic rings. The lowest BCUT2D eigenvalue weighted by molar-refractivity contribution is -0.148. The van der Waals surface area contributed by atoms with Crippen molar-refractivity contribution in [3.63, 3.8) is 0 Å². The number of Topliss-reactive ketones (excluding diaryl/α,β-unsaturated/α-hetero) is 1. The molecule has 0 bridgehead atoms. The van der Waals surface area contributed by atoms with E-state index in [1.54, 1.807) is 13.0 Å². The molecule has 1 saturated heterocycles. The van der Waals surface area contributed by atoms with E-state index >= 15 is 0 Å². The topological polar surface area (TPSA) is 101 Å². The number of piperidine rings is 1. The number of hydrogen-bond acceptors (Lipinski definition) is 5. The lowest BCUT2D eigenvalue weighted by Gasteiger charge is -2.36. The molecule has 2 amide bonds. The molecule has 140 valence electrons. The largest absolute Gasteiger partial charge is 0.392 e. The minimum atomic E-state index is -0.782. The SMILES string of the molecule is C/C(=C/CN)N1C(=O)CC(C[C@@H](O)C2C[C@@H](C)CC(C)C2=O)CC1=O. The number of likely N-dealkylation sites (tertiary alicyclic amines) is 1. The number of allylic oxidation sites excluding steroid dienone is 1. The summed E-state index contributed by atoms with van der Waals surface area (Å²) in [5, 5.41) is 10.6. The summed E-state index contributed by atoms with van der Waals surface area (Å²) >= 11 is 0. The zero-order valence-electron chi connectivity index (χ0n) is 15.4. The van der Waals surface area contributed by atoms with Gasteiger partial charge in [0.2, 0.25) is 11.8 Å². The first-order chi connectivity index (χ1) is 11.7. The van der Waals surface area contributed by atoms with Crippen LogP contribution in [0.5, 0.6) is 0 Å². The predicted octanol–water partition coefficient (Wildman–Crippen LogP) is 1.62. The summed E-state index contributed by atoms with van der Waals surface area (Å²) in [7, 11) is 0. The number of hydrogen-bond donors (Lipinski definition) is 2. The standard InChI is InChI=1S/C19H30N2O4/c1-11-6-12(2)19(25)15(7-11)16(22)8-14-9-17(23)21(18(24)10-14)13(3)4-5-20/h4,11-12,14-16,22H,5-10,20H2,1-3H3/b13-4-/t11-,12?,15?,16+/m0/s1. The molecule has 6 nitrogen and oxygen atoms in total. The Morgan fingerprint density at radius 3 is 2.40 bits per heavy atom. The molecule has 2 fully saturated rings. The van der Waals surface area contributed by atoms with Crippen molar-refractivity contribution >= 4 is 17.6 Å². The van der Waals surface area contributed by atoms with E-state index in [2.05, 4.69) is 6.92 Å². The maximum atomic E-state index is 12.4. The molecule has 3 N–H and O–H groups in total. The number of amides is 2. The van der Waals surface area contributed by atoms with Gasteiger partial charge in [0, 0.05) is 36.9 Å². The van der Waals surface area contributed by atoms with Gasteiger partial charge in [-0.3, -0.25) is 19.3 Å². The van der Waals surface area contributed by atoms with Gasteiger partial charge in [0.1, 0.15) is 5.78 Å². The fraction of sp³-hybridized carbons (Fsp3) is 0.737. The molecule has 0 aromatic carbocycles. The van der Waals surface area contributed by atoms with Gasteiger partial charge in [-0.15, -0.1) is 0 Å². The molecule has 1 saturated carbocycles. The average Bonchev–Trinajstić information content (AvgIpc) is 2.50. The number of ketones is 1. The van der Waals surface area contributed by atoms with Crippen molar-refractivity contribution in [2.75, 3.05) is 6.54 Å². The van der Waals surface area contributed by atoms with Crippen LogP contribution in [0.2, 0.25) is 0 Å². The third-order valence-corrected chi connectivity index (χ3v) is 5.49. The third-order valence-electron chi connectivity index (χ3n) is 5.49. The van der Waals surface area contributed by atoms with Gasteiger partial charge in [-0.1, -0.05) is 19.9 Å². The number of aliphatic hydroxyl groups excluding tert-OH is 1. The molecule has 0 spiro atoms. The minimum absolute atomic E-state index is 0.0300. The maximum absolute atomic E-state index is 12.4. The van der Waals surface area contributed by atoms with Gasteiger partial charge in [0.25, 0.3) is 0 Å². The molecule has 2 aliphatic rings. The Labute approximate surface area is 149 Å². The van der Waals surface area contributed by atoms with E-state index in [-0.39, 0.29) is 54.7 Å². The predicted molar refractivity (Wildman–Crippen MR) is 94.1 cm³/mol. The van der Waals surface area contributed by atoms with Crippen LogP contribution in [0.3, 0.4) is 0 Å². The Morgan fingerprint density at radius 1 is 1.24 bits per heavy atom. The van der Waals surface area contributed by atoms with E-state index in [0.29, 0.717) is 24.5 Å². The summed E-state index contributed by atoms with van der Waals surface area (Å²) in [5.41, 5.74) is 6.00. The van der Waals surface area contributed by atoms with Crippen LogP contribution in [-0.2, 0) is 14.4 Å². The van der Waals surface area contributed by atoms with E-state index in [1.165, 1.54) is 4.90 Å². The van der Waals surface area contributed by atoms with Crippen molar-refractivity contribution in [1.29, 1.82) is 0 Å². The van der Waals surface area contributed by atoms with E-state index in [9.17, 15) is 19.5 Å². The summed E-state index contributed by atoms with van der Waals surface area (Å²) in [4.78, 5) is 38.2. The van der Waals surface area contributed by atoms with E-state index in [0.717, 1.165) is 6.42 Å². The summed E-state index contributed by atoms with van der Waals surface area (Å²) < 4.78 is 0. The van der Waals surface area contributed by atoms with Gasteiger partial charge in [-0.25, -0.2) is 0 Å². The highest BCUT2D eigenvalue weighted by atomic mass is 16.3. The Kier molecular flexibility index (Phi) is 6.52. The van der Waals surface area contributed by atoms with Crippen LogP contribution >= 0.6 is 0 Å². The van der Waals surface area contributed by atoms with Gasteiger partial charge in [-0.2, -0.15) is 0 Å². The highest BCUT2D eigenvalue weighted by Crippen LogP contribution is 2.35. The molecule has 25 heavy (non-hydrogen) atoms. The lowest BCUT2D eigenvalue weighted by Crippen LogP contribution is -2.44. The van der Waals surface area contributed by atoms with E-state index in [1.807, 2.05) is 6.92 Å². The molecule has 1 heterocycles. The first kappa shape index (κ1) is 19.8. The molecular weight excluding hydrogens is 320 g/mol. The van der Waals surface area contributed by atoms with Crippen LogP contribution in [0.15, 0.2) is 11.8 Å². The Bertz CT molecular complexity index is 554. The quantitative estimate of drug-likeness (QED) is 0.734. The first-order valence-corrected chi connectivity index (χ1v) is 9.19. The molecule has 1 aliphatic carbocycles. The molecule has 6 heteroatoms. The van der Waals surface area contributed by atoms with Crippen LogP contribution in [0, 0.1) is 23.7 Å². The number of imide groups is 1. The van der Waals surface area contributed by atoms with Crippen molar-refractivity contribution in [3.05, 3.63) is 11.8 Å². The lowest BCUT2D eigenvalue weighted by atomic mass is 9.71. The second kappa shape index (κ2) is 8.23. The smallest absolute Gasteiger partial charge is 0.233 e. The molecule has 2 unspecified atom stereocenters. The monoisotopic (exact) mass is 350 g/mol. The Morgan fingerprint density at radius 2 is 1.84 bits per heavy atom. The molecule has 1 aliphatic heterocycles. The van der Waals surface area contributed by atoms with Crippen molar-refractivity contribution in [1.82, 2.24) is 4.90 Å². The van der Waals surface area contributed by atoms with Gasteiger partial charge in [0.05, 0.1) is 6.10 Å². The average molecular weight is 350 g/mol. The van der Waals surface area contributed by atoms with Crippen molar-refractivity contribution in [2.45, 2.75) is 59.0 Å². The number of nitrogens with zero attached hydrogens (tertiary/aromatic N) is 1. The first-order valence-electron chi connectivity index (χ1n) is 9.19. The van der Waals surface area contributed by atoms with Crippen LogP contribution in [0.1, 0.15) is 52.9 Å². The zero-order chi connectivity index (χ0) is 18.7. The second-order valence-corrected chi connectivity index (χ2v) is 7.77. The number of rotatable bonds is 5. The fourth-order valence-corrected chi connectivity index (χ4v) is 4.29. The van der Waals surface area contributed by atoms with Crippen molar-refractivity contribution in [3.8, 4) is 0 Å². The van der Waals surface area contributed by atoms with Gasteiger partial charge < -0.3 is 10.8 Å². The van der Waals surface area contributed by atoms with Crippen LogP contribution in [-0.4, -0.2) is 40.3 Å². The minimum Gasteiger partial charge on any atom is -0.392 e. The zero-order valence-corrected chi connectivity index (χ0v) is 15.4. The normalized spacial score (nSPS) is 30.8.